The summed E-state index contributed by atoms with van der Waals surface area (Å²) in [5.74, 6) is 4.48. The quantitative estimate of drug-likeness (QED) is 0.271. The molecular formula is C30H54O2. The Kier molecular flexibility index (Phi) is 9.35. The average molecular weight is 447 g/mol. The molecule has 0 aromatic heterocycles. The van der Waals surface area contributed by atoms with Crippen molar-refractivity contribution >= 4 is 0 Å². The van der Waals surface area contributed by atoms with Gasteiger partial charge in [0.25, 0.3) is 0 Å². The van der Waals surface area contributed by atoms with Gasteiger partial charge in [0.15, 0.2) is 0 Å². The zero-order valence-corrected chi connectivity index (χ0v) is 22.3. The Hall–Kier alpha value is -0.340. The van der Waals surface area contributed by atoms with E-state index < -0.39 is 0 Å². The van der Waals surface area contributed by atoms with E-state index in [1.165, 1.54) is 64.2 Å². The fraction of sp³-hybridized carbons (Fsp3) is 0.933. The SMILES string of the molecule is CC=C1CC(OCCCO)CCC1(C)C1CCC2(C)C(CCC2C(C)CCCC(C)C)C1. The summed E-state index contributed by atoms with van der Waals surface area (Å²) in [6.07, 6.45) is 18.6. The maximum Gasteiger partial charge on any atom is 0.0612 e. The Labute approximate surface area is 200 Å². The summed E-state index contributed by atoms with van der Waals surface area (Å²) < 4.78 is 6.11. The van der Waals surface area contributed by atoms with Gasteiger partial charge in [0, 0.05) is 13.2 Å². The number of ether oxygens (including phenoxy) is 1. The van der Waals surface area contributed by atoms with Crippen LogP contribution in [0.1, 0.15) is 119 Å². The minimum atomic E-state index is 0.237. The van der Waals surface area contributed by atoms with Crippen LogP contribution in [0.15, 0.2) is 11.6 Å². The van der Waals surface area contributed by atoms with Gasteiger partial charge in [0.2, 0.25) is 0 Å². The summed E-state index contributed by atoms with van der Waals surface area (Å²) in [4.78, 5) is 0. The Balaban J connectivity index is 1.60. The molecule has 0 heterocycles. The smallest absolute Gasteiger partial charge is 0.0612 e. The highest BCUT2D eigenvalue weighted by atomic mass is 16.5. The monoisotopic (exact) mass is 446 g/mol. The molecule has 7 unspecified atom stereocenters. The van der Waals surface area contributed by atoms with Gasteiger partial charge in [-0.05, 0) is 105 Å². The molecule has 0 aromatic rings. The Morgan fingerprint density at radius 3 is 2.47 bits per heavy atom. The van der Waals surface area contributed by atoms with Gasteiger partial charge in [-0.3, -0.25) is 0 Å². The summed E-state index contributed by atoms with van der Waals surface area (Å²) >= 11 is 0. The summed E-state index contributed by atoms with van der Waals surface area (Å²) in [5, 5.41) is 9.07. The number of aliphatic hydroxyl groups is 1. The minimum Gasteiger partial charge on any atom is -0.396 e. The maximum absolute atomic E-state index is 9.07. The van der Waals surface area contributed by atoms with Gasteiger partial charge in [0.05, 0.1) is 6.10 Å². The van der Waals surface area contributed by atoms with Crippen LogP contribution in [0.3, 0.4) is 0 Å². The van der Waals surface area contributed by atoms with Gasteiger partial charge >= 0.3 is 0 Å². The standard InChI is InChI=1S/C30H54O2/c1-7-24-21-27(32-19-9-18-31)15-17-29(24,5)26-14-16-30(6)25(20-26)12-13-28(30)23(4)11-8-10-22(2)3/h7,22-23,25-28,31H,8-21H2,1-6H3. The largest absolute Gasteiger partial charge is 0.396 e. The van der Waals surface area contributed by atoms with Crippen molar-refractivity contribution in [1.29, 1.82) is 0 Å². The third kappa shape index (κ3) is 5.65. The molecule has 0 bridgehead atoms. The molecule has 0 aromatic carbocycles. The lowest BCUT2D eigenvalue weighted by Gasteiger charge is -2.52. The van der Waals surface area contributed by atoms with E-state index in [4.69, 9.17) is 9.84 Å². The third-order valence-electron chi connectivity index (χ3n) is 10.4. The fourth-order valence-corrected chi connectivity index (χ4v) is 8.20. The van der Waals surface area contributed by atoms with Crippen molar-refractivity contribution < 1.29 is 9.84 Å². The van der Waals surface area contributed by atoms with Crippen molar-refractivity contribution in [2.24, 2.45) is 40.4 Å². The number of hydrogen-bond acceptors (Lipinski definition) is 2. The van der Waals surface area contributed by atoms with Crippen molar-refractivity contribution in [3.63, 3.8) is 0 Å². The first-order valence-electron chi connectivity index (χ1n) is 14.1. The zero-order chi connectivity index (χ0) is 23.4. The van der Waals surface area contributed by atoms with Crippen molar-refractivity contribution in [2.75, 3.05) is 13.2 Å². The maximum atomic E-state index is 9.07. The molecule has 0 radical (unpaired) electrons. The molecule has 186 valence electrons. The van der Waals surface area contributed by atoms with E-state index in [9.17, 15) is 0 Å². The van der Waals surface area contributed by atoms with E-state index in [2.05, 4.69) is 47.6 Å². The second kappa shape index (κ2) is 11.4. The Morgan fingerprint density at radius 1 is 1.00 bits per heavy atom. The third-order valence-corrected chi connectivity index (χ3v) is 10.4. The molecule has 3 aliphatic rings. The molecule has 0 spiro atoms. The average Bonchev–Trinajstić information content (AvgIpc) is 3.11. The van der Waals surface area contributed by atoms with Crippen LogP contribution in [0.25, 0.3) is 0 Å². The van der Waals surface area contributed by atoms with Gasteiger partial charge in [-0.2, -0.15) is 0 Å². The van der Waals surface area contributed by atoms with Crippen LogP contribution in [-0.4, -0.2) is 24.4 Å². The molecule has 2 nitrogen and oxygen atoms in total. The van der Waals surface area contributed by atoms with Crippen molar-refractivity contribution in [3.8, 4) is 0 Å². The van der Waals surface area contributed by atoms with Crippen LogP contribution >= 0.6 is 0 Å². The molecule has 3 saturated carbocycles. The zero-order valence-electron chi connectivity index (χ0n) is 22.3. The van der Waals surface area contributed by atoms with Gasteiger partial charge < -0.3 is 9.84 Å². The lowest BCUT2D eigenvalue weighted by atomic mass is 9.53. The molecule has 7 atom stereocenters. The minimum absolute atomic E-state index is 0.237. The first kappa shape index (κ1) is 26.3. The van der Waals surface area contributed by atoms with Crippen LogP contribution in [0.4, 0.5) is 0 Å². The number of rotatable bonds is 10. The van der Waals surface area contributed by atoms with Crippen molar-refractivity contribution in [3.05, 3.63) is 11.6 Å². The molecule has 3 fully saturated rings. The fourth-order valence-electron chi connectivity index (χ4n) is 8.20. The van der Waals surface area contributed by atoms with Gasteiger partial charge in [-0.15, -0.1) is 0 Å². The van der Waals surface area contributed by atoms with Gasteiger partial charge in [0.1, 0.15) is 0 Å². The lowest BCUT2D eigenvalue weighted by Crippen LogP contribution is -2.44. The van der Waals surface area contributed by atoms with Crippen molar-refractivity contribution in [2.45, 2.75) is 125 Å². The molecule has 3 aliphatic carbocycles. The first-order chi connectivity index (χ1) is 15.2. The topological polar surface area (TPSA) is 29.5 Å². The molecule has 0 aliphatic heterocycles. The predicted molar refractivity (Wildman–Crippen MR) is 137 cm³/mol. The van der Waals surface area contributed by atoms with Crippen molar-refractivity contribution in [1.82, 2.24) is 0 Å². The van der Waals surface area contributed by atoms with Crippen LogP contribution in [0.5, 0.6) is 0 Å². The molecule has 2 heteroatoms. The Bertz CT molecular complexity index is 610. The second-order valence-corrected chi connectivity index (χ2v) is 12.7. The number of aliphatic hydroxyl groups excluding tert-OH is 1. The number of fused-ring (bicyclic) bond motifs is 1. The van der Waals surface area contributed by atoms with E-state index in [-0.39, 0.29) is 6.61 Å². The van der Waals surface area contributed by atoms with E-state index in [0.29, 0.717) is 23.5 Å². The highest BCUT2D eigenvalue weighted by Gasteiger charge is 2.54. The Morgan fingerprint density at radius 2 is 1.78 bits per heavy atom. The summed E-state index contributed by atoms with van der Waals surface area (Å²) in [7, 11) is 0. The van der Waals surface area contributed by atoms with E-state index >= 15 is 0 Å². The summed E-state index contributed by atoms with van der Waals surface area (Å²) in [5.41, 5.74) is 2.61. The van der Waals surface area contributed by atoms with E-state index in [1.807, 2.05) is 0 Å². The van der Waals surface area contributed by atoms with E-state index in [1.54, 1.807) is 5.57 Å². The molecule has 32 heavy (non-hydrogen) atoms. The molecule has 3 rings (SSSR count). The van der Waals surface area contributed by atoms with Crippen LogP contribution in [0.2, 0.25) is 0 Å². The number of allylic oxidation sites excluding steroid dienone is 1. The van der Waals surface area contributed by atoms with Gasteiger partial charge in [-0.1, -0.05) is 65.5 Å². The lowest BCUT2D eigenvalue weighted by molar-refractivity contribution is -0.0219. The highest BCUT2D eigenvalue weighted by Crippen LogP contribution is 2.63. The predicted octanol–water partition coefficient (Wildman–Crippen LogP) is 8.19. The summed E-state index contributed by atoms with van der Waals surface area (Å²) in [6.45, 7) is 15.8. The normalized spacial score (nSPS) is 40.1. The van der Waals surface area contributed by atoms with Crippen LogP contribution in [-0.2, 0) is 4.74 Å². The van der Waals surface area contributed by atoms with E-state index in [0.717, 1.165) is 42.4 Å². The first-order valence-corrected chi connectivity index (χ1v) is 14.1. The van der Waals surface area contributed by atoms with Gasteiger partial charge in [-0.25, -0.2) is 0 Å². The second-order valence-electron chi connectivity index (χ2n) is 12.7. The molecule has 0 saturated heterocycles. The molecular weight excluding hydrogens is 392 g/mol. The van der Waals surface area contributed by atoms with Crippen LogP contribution in [0, 0.1) is 40.4 Å². The van der Waals surface area contributed by atoms with Crippen LogP contribution < -0.4 is 0 Å². The molecule has 1 N–H and O–H groups in total. The molecule has 0 amide bonds. The highest BCUT2D eigenvalue weighted by molar-refractivity contribution is 5.20. The summed E-state index contributed by atoms with van der Waals surface area (Å²) in [6, 6.07) is 0. The number of hydrogen-bond donors (Lipinski definition) is 1.